The summed E-state index contributed by atoms with van der Waals surface area (Å²) in [5, 5.41) is 19.3. The van der Waals surface area contributed by atoms with Gasteiger partial charge in [0.05, 0.1) is 6.54 Å². The third-order valence-electron chi connectivity index (χ3n) is 1.58. The smallest absolute Gasteiger partial charge is 0.338 e. The summed E-state index contributed by atoms with van der Waals surface area (Å²) in [6.45, 7) is 1.32. The van der Waals surface area contributed by atoms with Crippen molar-refractivity contribution in [3.63, 3.8) is 0 Å². The van der Waals surface area contributed by atoms with Crippen LogP contribution in [0, 0.1) is 0 Å². The van der Waals surface area contributed by atoms with Crippen LogP contribution in [-0.2, 0) is 9.59 Å². The van der Waals surface area contributed by atoms with E-state index < -0.39 is 24.1 Å². The molecule has 0 aromatic rings. The summed E-state index contributed by atoms with van der Waals surface area (Å²) in [5.41, 5.74) is 3.79. The molecule has 76 valence electrons. The molecule has 0 saturated heterocycles. The SMILES string of the molecule is CCCC(N)(NCC(=O)O)C(=O)O. The molecule has 6 heteroatoms. The molecule has 0 heterocycles. The zero-order valence-corrected chi connectivity index (χ0v) is 7.41. The summed E-state index contributed by atoms with van der Waals surface area (Å²) < 4.78 is 0. The van der Waals surface area contributed by atoms with Crippen LogP contribution >= 0.6 is 0 Å². The van der Waals surface area contributed by atoms with Crippen molar-refractivity contribution in [2.45, 2.75) is 25.4 Å². The van der Waals surface area contributed by atoms with Gasteiger partial charge in [-0.15, -0.1) is 0 Å². The van der Waals surface area contributed by atoms with Gasteiger partial charge in [0.1, 0.15) is 0 Å². The van der Waals surface area contributed by atoms with Gasteiger partial charge in [0.15, 0.2) is 5.66 Å². The molecule has 0 saturated carbocycles. The van der Waals surface area contributed by atoms with Crippen molar-refractivity contribution >= 4 is 11.9 Å². The third-order valence-corrected chi connectivity index (χ3v) is 1.58. The van der Waals surface area contributed by atoms with Gasteiger partial charge < -0.3 is 15.9 Å². The van der Waals surface area contributed by atoms with Crippen molar-refractivity contribution in [2.24, 2.45) is 5.73 Å². The Kier molecular flexibility index (Phi) is 4.36. The zero-order chi connectivity index (χ0) is 10.5. The molecule has 0 radical (unpaired) electrons. The van der Waals surface area contributed by atoms with E-state index in [1.54, 1.807) is 6.92 Å². The van der Waals surface area contributed by atoms with Gasteiger partial charge in [-0.3, -0.25) is 10.1 Å². The molecule has 6 nitrogen and oxygen atoms in total. The molecular formula is C7H14N2O4. The monoisotopic (exact) mass is 190 g/mol. The molecule has 0 amide bonds. The lowest BCUT2D eigenvalue weighted by Crippen LogP contribution is -2.60. The highest BCUT2D eigenvalue weighted by atomic mass is 16.4. The minimum absolute atomic E-state index is 0.190. The molecule has 1 atom stereocenters. The third kappa shape index (κ3) is 3.86. The van der Waals surface area contributed by atoms with Gasteiger partial charge in [-0.1, -0.05) is 13.3 Å². The van der Waals surface area contributed by atoms with Crippen LogP contribution in [0.3, 0.4) is 0 Å². The Morgan fingerprint density at radius 2 is 2.00 bits per heavy atom. The van der Waals surface area contributed by atoms with E-state index >= 15 is 0 Å². The number of carbonyl (C=O) groups is 2. The van der Waals surface area contributed by atoms with Crippen molar-refractivity contribution in [2.75, 3.05) is 6.54 Å². The van der Waals surface area contributed by atoms with E-state index in [1.807, 2.05) is 0 Å². The molecule has 13 heavy (non-hydrogen) atoms. The van der Waals surface area contributed by atoms with E-state index in [1.165, 1.54) is 0 Å². The number of carboxylic acid groups (broad SMARTS) is 2. The van der Waals surface area contributed by atoms with Crippen molar-refractivity contribution in [3.05, 3.63) is 0 Å². The van der Waals surface area contributed by atoms with Crippen LogP contribution in [0.15, 0.2) is 0 Å². The molecule has 0 fully saturated rings. The standard InChI is InChI=1S/C7H14N2O4/c1-2-3-7(8,6(12)13)9-4-5(10)11/h9H,2-4,8H2,1H3,(H,10,11)(H,12,13). The summed E-state index contributed by atoms with van der Waals surface area (Å²) in [6.07, 6.45) is 0.755. The van der Waals surface area contributed by atoms with E-state index in [2.05, 4.69) is 5.32 Å². The van der Waals surface area contributed by atoms with Crippen molar-refractivity contribution < 1.29 is 19.8 Å². The second-order valence-electron chi connectivity index (χ2n) is 2.77. The molecule has 0 rings (SSSR count). The molecule has 5 N–H and O–H groups in total. The van der Waals surface area contributed by atoms with Gasteiger partial charge in [0, 0.05) is 0 Å². The number of hydrogen-bond donors (Lipinski definition) is 4. The van der Waals surface area contributed by atoms with Crippen LogP contribution in [0.2, 0.25) is 0 Å². The first kappa shape index (κ1) is 11.9. The van der Waals surface area contributed by atoms with Gasteiger partial charge in [-0.05, 0) is 6.42 Å². The Bertz CT molecular complexity index is 207. The minimum atomic E-state index is -1.63. The largest absolute Gasteiger partial charge is 0.480 e. The summed E-state index contributed by atoms with van der Waals surface area (Å²) in [7, 11) is 0. The van der Waals surface area contributed by atoms with Crippen molar-refractivity contribution in [1.82, 2.24) is 5.32 Å². The molecular weight excluding hydrogens is 176 g/mol. The Labute approximate surface area is 75.7 Å². The van der Waals surface area contributed by atoms with E-state index in [9.17, 15) is 9.59 Å². The van der Waals surface area contributed by atoms with Crippen LogP contribution in [0.1, 0.15) is 19.8 Å². The van der Waals surface area contributed by atoms with Crippen molar-refractivity contribution in [1.29, 1.82) is 0 Å². The fraction of sp³-hybridized carbons (Fsp3) is 0.714. The summed E-state index contributed by atoms with van der Waals surface area (Å²) in [4.78, 5) is 20.8. The summed E-state index contributed by atoms with van der Waals surface area (Å²) >= 11 is 0. The molecule has 0 aliphatic carbocycles. The van der Waals surface area contributed by atoms with Gasteiger partial charge in [0.25, 0.3) is 0 Å². The van der Waals surface area contributed by atoms with Crippen LogP contribution in [-0.4, -0.2) is 34.4 Å². The highest BCUT2D eigenvalue weighted by Crippen LogP contribution is 2.05. The Hall–Kier alpha value is -1.14. The number of hydrogen-bond acceptors (Lipinski definition) is 4. The van der Waals surface area contributed by atoms with Crippen LogP contribution < -0.4 is 11.1 Å². The van der Waals surface area contributed by atoms with Crippen LogP contribution in [0.5, 0.6) is 0 Å². The van der Waals surface area contributed by atoms with E-state index in [0.29, 0.717) is 6.42 Å². The number of nitrogens with one attached hydrogen (secondary N) is 1. The molecule has 1 unspecified atom stereocenters. The lowest BCUT2D eigenvalue weighted by molar-refractivity contribution is -0.146. The van der Waals surface area contributed by atoms with E-state index in [4.69, 9.17) is 15.9 Å². The average molecular weight is 190 g/mol. The first-order valence-corrected chi connectivity index (χ1v) is 3.91. The van der Waals surface area contributed by atoms with Gasteiger partial charge in [0.2, 0.25) is 0 Å². The molecule has 0 aromatic heterocycles. The zero-order valence-electron chi connectivity index (χ0n) is 7.41. The molecule has 0 aromatic carbocycles. The number of aliphatic carboxylic acids is 2. The normalized spacial score (nSPS) is 14.9. The Balaban J connectivity index is 4.24. The summed E-state index contributed by atoms with van der Waals surface area (Å²) in [5.74, 6) is -2.37. The van der Waals surface area contributed by atoms with Crippen molar-refractivity contribution in [3.8, 4) is 0 Å². The minimum Gasteiger partial charge on any atom is -0.480 e. The fourth-order valence-corrected chi connectivity index (χ4v) is 0.899. The maximum atomic E-state index is 10.6. The summed E-state index contributed by atoms with van der Waals surface area (Å²) in [6, 6.07) is 0. The second-order valence-corrected chi connectivity index (χ2v) is 2.77. The maximum Gasteiger partial charge on any atom is 0.338 e. The lowest BCUT2D eigenvalue weighted by atomic mass is 10.1. The Morgan fingerprint density at radius 1 is 1.46 bits per heavy atom. The topological polar surface area (TPSA) is 113 Å². The van der Waals surface area contributed by atoms with Crippen LogP contribution in [0.4, 0.5) is 0 Å². The average Bonchev–Trinajstić information content (AvgIpc) is 2.01. The predicted molar refractivity (Wildman–Crippen MR) is 45.1 cm³/mol. The predicted octanol–water partition coefficient (Wildman–Crippen LogP) is -0.800. The fourth-order valence-electron chi connectivity index (χ4n) is 0.899. The highest BCUT2D eigenvalue weighted by Gasteiger charge is 2.32. The maximum absolute atomic E-state index is 10.6. The lowest BCUT2D eigenvalue weighted by Gasteiger charge is -2.24. The number of carboxylic acids is 2. The molecule has 0 aliphatic rings. The second kappa shape index (κ2) is 4.78. The first-order valence-electron chi connectivity index (χ1n) is 3.91. The molecule has 0 bridgehead atoms. The molecule has 0 spiro atoms. The molecule has 0 aliphatic heterocycles. The van der Waals surface area contributed by atoms with Crippen LogP contribution in [0.25, 0.3) is 0 Å². The quantitative estimate of drug-likeness (QED) is 0.408. The van der Waals surface area contributed by atoms with Gasteiger partial charge in [-0.2, -0.15) is 0 Å². The Morgan fingerprint density at radius 3 is 2.31 bits per heavy atom. The van der Waals surface area contributed by atoms with Gasteiger partial charge >= 0.3 is 11.9 Å². The number of rotatable bonds is 6. The van der Waals surface area contributed by atoms with E-state index in [0.717, 1.165) is 0 Å². The first-order chi connectivity index (χ1) is 5.92. The van der Waals surface area contributed by atoms with Gasteiger partial charge in [-0.25, -0.2) is 4.79 Å². The highest BCUT2D eigenvalue weighted by molar-refractivity contribution is 5.79. The van der Waals surface area contributed by atoms with E-state index in [-0.39, 0.29) is 6.42 Å². The number of nitrogens with two attached hydrogens (primary N) is 1.